The molecule has 0 aliphatic rings. The van der Waals surface area contributed by atoms with E-state index in [1.165, 1.54) is 7.11 Å². The minimum absolute atomic E-state index is 0.116. The van der Waals surface area contributed by atoms with Gasteiger partial charge >= 0.3 is 5.97 Å². The van der Waals surface area contributed by atoms with Gasteiger partial charge < -0.3 is 9.84 Å². The quantitative estimate of drug-likeness (QED) is 0.788. The second kappa shape index (κ2) is 6.40. The number of ether oxygens (including phenoxy) is 1. The Hall–Kier alpha value is -1.55. The third-order valence-corrected chi connectivity index (χ3v) is 2.95. The number of methoxy groups -OCH3 is 1. The van der Waals surface area contributed by atoms with Crippen LogP contribution in [0.4, 0.5) is 0 Å². The number of aromatic hydroxyl groups is 1. The fourth-order valence-electron chi connectivity index (χ4n) is 1.87. The molecule has 0 aliphatic heterocycles. The van der Waals surface area contributed by atoms with Crippen molar-refractivity contribution in [3.8, 4) is 5.75 Å². The van der Waals surface area contributed by atoms with Crippen LogP contribution in [-0.4, -0.2) is 24.2 Å². The van der Waals surface area contributed by atoms with E-state index < -0.39 is 0 Å². The topological polar surface area (TPSA) is 58.6 Å². The number of rotatable bonds is 5. The van der Waals surface area contributed by atoms with E-state index in [4.69, 9.17) is 4.74 Å². The van der Waals surface area contributed by atoms with Crippen molar-refractivity contribution in [3.63, 3.8) is 0 Å². The number of hydrogen-bond donors (Lipinski definition) is 2. The van der Waals surface area contributed by atoms with Crippen molar-refractivity contribution in [2.45, 2.75) is 32.9 Å². The van der Waals surface area contributed by atoms with E-state index >= 15 is 0 Å². The zero-order chi connectivity index (χ0) is 13.7. The number of carbonyl (C=O) groups is 1. The lowest BCUT2D eigenvalue weighted by Gasteiger charge is -2.24. The predicted octanol–water partition coefficient (Wildman–Crippen LogP) is 2.24. The molecule has 0 heterocycles. The van der Waals surface area contributed by atoms with Crippen LogP contribution < -0.4 is 5.32 Å². The highest BCUT2D eigenvalue weighted by Crippen LogP contribution is 2.24. The number of phenolic OH excluding ortho intramolecular Hbond substituents is 1. The van der Waals surface area contributed by atoms with Crippen LogP contribution in [0.25, 0.3) is 0 Å². The monoisotopic (exact) mass is 251 g/mol. The second-order valence-electron chi connectivity index (χ2n) is 4.69. The first kappa shape index (κ1) is 14.5. The molecular weight excluding hydrogens is 230 g/mol. The van der Waals surface area contributed by atoms with Crippen LogP contribution >= 0.6 is 0 Å². The van der Waals surface area contributed by atoms with Crippen molar-refractivity contribution in [2.75, 3.05) is 7.11 Å². The molecule has 1 rings (SSSR count). The smallest absolute Gasteiger partial charge is 0.323 e. The molecule has 4 heteroatoms. The van der Waals surface area contributed by atoms with Gasteiger partial charge in [0.25, 0.3) is 0 Å². The van der Waals surface area contributed by atoms with Crippen LogP contribution in [0.1, 0.15) is 32.4 Å². The first-order chi connectivity index (χ1) is 8.47. The Kier molecular flexibility index (Phi) is 5.16. The van der Waals surface area contributed by atoms with E-state index in [9.17, 15) is 9.90 Å². The van der Waals surface area contributed by atoms with Crippen molar-refractivity contribution in [1.29, 1.82) is 0 Å². The van der Waals surface area contributed by atoms with E-state index in [-0.39, 0.29) is 29.7 Å². The summed E-state index contributed by atoms with van der Waals surface area (Å²) in [6, 6.07) is 6.58. The van der Waals surface area contributed by atoms with Crippen LogP contribution in [0, 0.1) is 5.92 Å². The Labute approximate surface area is 108 Å². The third kappa shape index (κ3) is 3.47. The number of benzene rings is 1. The highest BCUT2D eigenvalue weighted by atomic mass is 16.5. The molecule has 0 radical (unpaired) electrons. The Bertz CT molecular complexity index is 404. The maximum atomic E-state index is 11.7. The van der Waals surface area contributed by atoms with Gasteiger partial charge in [0.05, 0.1) is 7.11 Å². The summed E-state index contributed by atoms with van der Waals surface area (Å²) in [5.74, 6) is 0.0582. The van der Waals surface area contributed by atoms with Gasteiger partial charge in [0, 0.05) is 11.6 Å². The van der Waals surface area contributed by atoms with Crippen LogP contribution in [0.3, 0.4) is 0 Å². The van der Waals surface area contributed by atoms with Crippen LogP contribution in [0.2, 0.25) is 0 Å². The molecule has 100 valence electrons. The van der Waals surface area contributed by atoms with E-state index in [1.807, 2.05) is 32.9 Å². The van der Waals surface area contributed by atoms with Gasteiger partial charge in [-0.2, -0.15) is 0 Å². The molecule has 1 unspecified atom stereocenters. The molecule has 0 saturated heterocycles. The Morgan fingerprint density at radius 3 is 2.39 bits per heavy atom. The number of hydrogen-bond acceptors (Lipinski definition) is 4. The minimum Gasteiger partial charge on any atom is -0.508 e. The highest BCUT2D eigenvalue weighted by molar-refractivity contribution is 5.76. The summed E-state index contributed by atoms with van der Waals surface area (Å²) in [6.45, 7) is 5.81. The average Bonchev–Trinajstić information content (AvgIpc) is 2.35. The normalized spacial score (nSPS) is 14.3. The summed E-state index contributed by atoms with van der Waals surface area (Å²) in [6.07, 6.45) is 0. The minimum atomic E-state index is -0.385. The van der Waals surface area contributed by atoms with E-state index in [1.54, 1.807) is 12.1 Å². The van der Waals surface area contributed by atoms with Gasteiger partial charge in [-0.1, -0.05) is 32.0 Å². The molecule has 4 nitrogen and oxygen atoms in total. The van der Waals surface area contributed by atoms with E-state index in [0.29, 0.717) is 0 Å². The van der Waals surface area contributed by atoms with Crippen molar-refractivity contribution < 1.29 is 14.6 Å². The molecule has 0 aliphatic carbocycles. The Balaban J connectivity index is 2.82. The summed E-state index contributed by atoms with van der Waals surface area (Å²) in [5, 5.41) is 13.0. The van der Waals surface area contributed by atoms with Crippen LogP contribution in [-0.2, 0) is 9.53 Å². The molecule has 0 aromatic heterocycles. The van der Waals surface area contributed by atoms with Crippen LogP contribution in [0.15, 0.2) is 24.3 Å². The Morgan fingerprint density at radius 1 is 1.28 bits per heavy atom. The number of nitrogens with one attached hydrogen (secondary N) is 1. The summed E-state index contributed by atoms with van der Waals surface area (Å²) in [4.78, 5) is 11.7. The molecule has 1 aromatic carbocycles. The summed E-state index contributed by atoms with van der Waals surface area (Å²) >= 11 is 0. The van der Waals surface area contributed by atoms with Gasteiger partial charge in [-0.05, 0) is 18.9 Å². The Morgan fingerprint density at radius 2 is 1.89 bits per heavy atom. The molecule has 2 N–H and O–H groups in total. The molecular formula is C14H21NO3. The first-order valence-corrected chi connectivity index (χ1v) is 6.09. The summed E-state index contributed by atoms with van der Waals surface area (Å²) in [5.41, 5.74) is 0.770. The third-order valence-electron chi connectivity index (χ3n) is 2.95. The SMILES string of the molecule is COC(=O)[C@H](NC(C)c1ccccc1O)C(C)C. The average molecular weight is 251 g/mol. The molecule has 0 bridgehead atoms. The molecule has 0 fully saturated rings. The van der Waals surface area contributed by atoms with Crippen molar-refractivity contribution in [1.82, 2.24) is 5.32 Å². The largest absolute Gasteiger partial charge is 0.508 e. The number of para-hydroxylation sites is 1. The molecule has 0 spiro atoms. The van der Waals surface area contributed by atoms with Gasteiger partial charge in [-0.3, -0.25) is 10.1 Å². The lowest BCUT2D eigenvalue weighted by Crippen LogP contribution is -2.42. The zero-order valence-electron chi connectivity index (χ0n) is 11.3. The lowest BCUT2D eigenvalue weighted by molar-refractivity contribution is -0.144. The molecule has 1 aromatic rings. The lowest BCUT2D eigenvalue weighted by atomic mass is 10.0. The molecule has 0 amide bonds. The van der Waals surface area contributed by atoms with Gasteiger partial charge in [-0.15, -0.1) is 0 Å². The van der Waals surface area contributed by atoms with Gasteiger partial charge in [0.1, 0.15) is 11.8 Å². The highest BCUT2D eigenvalue weighted by Gasteiger charge is 2.25. The van der Waals surface area contributed by atoms with Crippen molar-refractivity contribution >= 4 is 5.97 Å². The van der Waals surface area contributed by atoms with Gasteiger partial charge in [0.2, 0.25) is 0 Å². The van der Waals surface area contributed by atoms with Gasteiger partial charge in [-0.25, -0.2) is 0 Å². The first-order valence-electron chi connectivity index (χ1n) is 6.09. The van der Waals surface area contributed by atoms with E-state index in [0.717, 1.165) is 5.56 Å². The number of esters is 1. The number of phenols is 1. The molecule has 2 atom stereocenters. The van der Waals surface area contributed by atoms with Crippen molar-refractivity contribution in [2.24, 2.45) is 5.92 Å². The maximum Gasteiger partial charge on any atom is 0.323 e. The van der Waals surface area contributed by atoms with Crippen molar-refractivity contribution in [3.05, 3.63) is 29.8 Å². The van der Waals surface area contributed by atoms with E-state index in [2.05, 4.69) is 5.32 Å². The molecule has 0 saturated carbocycles. The fourth-order valence-corrected chi connectivity index (χ4v) is 1.87. The van der Waals surface area contributed by atoms with Gasteiger partial charge in [0.15, 0.2) is 0 Å². The summed E-state index contributed by atoms with van der Waals surface area (Å²) in [7, 11) is 1.38. The summed E-state index contributed by atoms with van der Waals surface area (Å²) < 4.78 is 4.78. The van der Waals surface area contributed by atoms with Crippen LogP contribution in [0.5, 0.6) is 5.75 Å². The fraction of sp³-hybridized carbons (Fsp3) is 0.500. The molecule has 18 heavy (non-hydrogen) atoms. The zero-order valence-corrected chi connectivity index (χ0v) is 11.3. The predicted molar refractivity (Wildman–Crippen MR) is 70.3 cm³/mol. The second-order valence-corrected chi connectivity index (χ2v) is 4.69. The maximum absolute atomic E-state index is 11.7. The number of carbonyl (C=O) groups excluding carboxylic acids is 1. The standard InChI is InChI=1S/C14H21NO3/c1-9(2)13(14(17)18-4)15-10(3)11-7-5-6-8-12(11)16/h5-10,13,15-16H,1-4H3/t10?,13-/m1/s1.